The highest BCUT2D eigenvalue weighted by atomic mass is 16.5. The molecular weight excluding hydrogens is 250 g/mol. The molecule has 1 N–H and O–H groups in total. The molecular formula is C16H29N3O. The number of aromatic nitrogens is 1. The largest absolute Gasteiger partial charge is 0.373 e. The fraction of sp³-hybridized carbons (Fsp3) is 0.688. The first-order valence-corrected chi connectivity index (χ1v) is 7.24. The van der Waals surface area contributed by atoms with Gasteiger partial charge in [0.1, 0.15) is 0 Å². The maximum absolute atomic E-state index is 5.80. The summed E-state index contributed by atoms with van der Waals surface area (Å²) < 4.78 is 5.80. The summed E-state index contributed by atoms with van der Waals surface area (Å²) in [5.41, 5.74) is 2.09. The Morgan fingerprint density at radius 1 is 1.25 bits per heavy atom. The van der Waals surface area contributed by atoms with Crippen molar-refractivity contribution in [2.24, 2.45) is 0 Å². The van der Waals surface area contributed by atoms with Crippen molar-refractivity contribution in [2.45, 2.75) is 52.4 Å². The highest BCUT2D eigenvalue weighted by Gasteiger charge is 2.20. The Bertz CT molecular complexity index is 402. The summed E-state index contributed by atoms with van der Waals surface area (Å²) >= 11 is 0. The molecule has 0 saturated carbocycles. The summed E-state index contributed by atoms with van der Waals surface area (Å²) in [6.07, 6.45) is 0. The molecule has 1 rings (SSSR count). The quantitative estimate of drug-likeness (QED) is 0.793. The second-order valence-electron chi connectivity index (χ2n) is 6.36. The van der Waals surface area contributed by atoms with E-state index >= 15 is 0 Å². The van der Waals surface area contributed by atoms with Crippen molar-refractivity contribution < 1.29 is 4.74 Å². The molecule has 0 aromatic carbocycles. The maximum atomic E-state index is 5.80. The number of pyridine rings is 1. The van der Waals surface area contributed by atoms with Crippen LogP contribution < -0.4 is 5.32 Å². The van der Waals surface area contributed by atoms with Crippen LogP contribution >= 0.6 is 0 Å². The SMILES string of the molecule is CC(C)NCc1cccc(COCC(C)(C)N(C)C)n1. The minimum absolute atomic E-state index is 0.0385. The van der Waals surface area contributed by atoms with Gasteiger partial charge in [0.25, 0.3) is 0 Å². The van der Waals surface area contributed by atoms with Crippen molar-refractivity contribution in [2.75, 3.05) is 20.7 Å². The van der Waals surface area contributed by atoms with Crippen LogP contribution in [0.15, 0.2) is 18.2 Å². The third kappa shape index (κ3) is 5.99. The maximum Gasteiger partial charge on any atom is 0.0888 e. The van der Waals surface area contributed by atoms with Crippen molar-refractivity contribution in [1.29, 1.82) is 0 Å². The summed E-state index contributed by atoms with van der Waals surface area (Å²) in [6.45, 7) is 10.7. The van der Waals surface area contributed by atoms with Crippen LogP contribution in [-0.4, -0.2) is 42.2 Å². The predicted octanol–water partition coefficient (Wildman–Crippen LogP) is 2.44. The van der Waals surface area contributed by atoms with Crippen LogP contribution in [-0.2, 0) is 17.9 Å². The molecule has 1 aromatic rings. The van der Waals surface area contributed by atoms with E-state index in [4.69, 9.17) is 4.74 Å². The zero-order valence-electron chi connectivity index (χ0n) is 13.7. The van der Waals surface area contributed by atoms with Crippen molar-refractivity contribution >= 4 is 0 Å². The number of hydrogen-bond acceptors (Lipinski definition) is 4. The zero-order chi connectivity index (χ0) is 15.2. The Morgan fingerprint density at radius 3 is 2.50 bits per heavy atom. The number of likely N-dealkylation sites (N-methyl/N-ethyl adjacent to an activating group) is 1. The third-order valence-corrected chi connectivity index (χ3v) is 3.47. The summed E-state index contributed by atoms with van der Waals surface area (Å²) in [4.78, 5) is 6.78. The first-order valence-electron chi connectivity index (χ1n) is 7.24. The topological polar surface area (TPSA) is 37.4 Å². The molecule has 1 heterocycles. The monoisotopic (exact) mass is 279 g/mol. The molecule has 1 aromatic heterocycles. The smallest absolute Gasteiger partial charge is 0.0888 e. The standard InChI is InChI=1S/C16H29N3O/c1-13(2)17-10-14-8-7-9-15(18-14)11-20-12-16(3,4)19(5)6/h7-9,13,17H,10-12H2,1-6H3. The van der Waals surface area contributed by atoms with Gasteiger partial charge in [0.2, 0.25) is 0 Å². The third-order valence-electron chi connectivity index (χ3n) is 3.47. The summed E-state index contributed by atoms with van der Waals surface area (Å²) in [5.74, 6) is 0. The summed E-state index contributed by atoms with van der Waals surface area (Å²) in [6, 6.07) is 6.57. The van der Waals surface area contributed by atoms with Gasteiger partial charge in [-0.3, -0.25) is 4.98 Å². The first-order chi connectivity index (χ1) is 9.31. The fourth-order valence-electron chi connectivity index (χ4n) is 1.55. The summed E-state index contributed by atoms with van der Waals surface area (Å²) in [7, 11) is 4.14. The fourth-order valence-corrected chi connectivity index (χ4v) is 1.55. The molecule has 0 aliphatic heterocycles. The normalized spacial score (nSPS) is 12.4. The minimum Gasteiger partial charge on any atom is -0.373 e. The van der Waals surface area contributed by atoms with E-state index in [2.05, 4.69) is 57.0 Å². The van der Waals surface area contributed by atoms with E-state index in [1.165, 1.54) is 0 Å². The van der Waals surface area contributed by atoms with Gasteiger partial charge in [-0.1, -0.05) is 19.9 Å². The van der Waals surface area contributed by atoms with Gasteiger partial charge in [0, 0.05) is 18.1 Å². The molecule has 0 aliphatic rings. The number of ether oxygens (including phenoxy) is 1. The highest BCUT2D eigenvalue weighted by molar-refractivity contribution is 5.10. The van der Waals surface area contributed by atoms with Crippen LogP contribution in [0.5, 0.6) is 0 Å². The predicted molar refractivity (Wildman–Crippen MR) is 83.6 cm³/mol. The van der Waals surface area contributed by atoms with Gasteiger partial charge in [-0.25, -0.2) is 0 Å². The van der Waals surface area contributed by atoms with E-state index in [1.807, 2.05) is 18.2 Å². The van der Waals surface area contributed by atoms with Gasteiger partial charge < -0.3 is 15.0 Å². The van der Waals surface area contributed by atoms with E-state index in [1.54, 1.807) is 0 Å². The molecule has 0 aliphatic carbocycles. The van der Waals surface area contributed by atoms with Crippen LogP contribution in [0, 0.1) is 0 Å². The van der Waals surface area contributed by atoms with E-state index in [0.29, 0.717) is 19.3 Å². The molecule has 0 bridgehead atoms. The van der Waals surface area contributed by atoms with Gasteiger partial charge >= 0.3 is 0 Å². The van der Waals surface area contributed by atoms with E-state index in [0.717, 1.165) is 17.9 Å². The second-order valence-corrected chi connectivity index (χ2v) is 6.36. The molecule has 0 radical (unpaired) electrons. The Hall–Kier alpha value is -0.970. The Morgan fingerprint density at radius 2 is 1.90 bits per heavy atom. The second kappa shape index (κ2) is 7.72. The molecule has 0 fully saturated rings. The van der Waals surface area contributed by atoms with Gasteiger partial charge in [0.15, 0.2) is 0 Å². The lowest BCUT2D eigenvalue weighted by molar-refractivity contribution is 0.0261. The van der Waals surface area contributed by atoms with Crippen LogP contribution in [0.3, 0.4) is 0 Å². The molecule has 0 unspecified atom stereocenters. The average molecular weight is 279 g/mol. The van der Waals surface area contributed by atoms with E-state index < -0.39 is 0 Å². The minimum atomic E-state index is 0.0385. The number of nitrogens with one attached hydrogen (secondary N) is 1. The van der Waals surface area contributed by atoms with Gasteiger partial charge in [-0.15, -0.1) is 0 Å². The summed E-state index contributed by atoms with van der Waals surface area (Å²) in [5, 5.41) is 3.37. The highest BCUT2D eigenvalue weighted by Crippen LogP contribution is 2.11. The van der Waals surface area contributed by atoms with Crippen molar-refractivity contribution in [3.8, 4) is 0 Å². The van der Waals surface area contributed by atoms with E-state index in [-0.39, 0.29) is 5.54 Å². The Balaban J connectivity index is 2.46. The zero-order valence-corrected chi connectivity index (χ0v) is 13.7. The first kappa shape index (κ1) is 17.1. The lowest BCUT2D eigenvalue weighted by atomic mass is 10.1. The molecule has 0 saturated heterocycles. The molecule has 0 spiro atoms. The average Bonchev–Trinajstić information content (AvgIpc) is 2.36. The van der Waals surface area contributed by atoms with Crippen molar-refractivity contribution in [3.05, 3.63) is 29.6 Å². The van der Waals surface area contributed by atoms with Crippen LogP contribution in [0.4, 0.5) is 0 Å². The number of nitrogens with zero attached hydrogens (tertiary/aromatic N) is 2. The van der Waals surface area contributed by atoms with Crippen LogP contribution in [0.2, 0.25) is 0 Å². The van der Waals surface area contributed by atoms with Crippen molar-refractivity contribution in [1.82, 2.24) is 15.2 Å². The molecule has 4 heteroatoms. The Kier molecular flexibility index (Phi) is 6.59. The van der Waals surface area contributed by atoms with Gasteiger partial charge in [0.05, 0.1) is 24.6 Å². The lowest BCUT2D eigenvalue weighted by Crippen LogP contribution is -2.42. The van der Waals surface area contributed by atoms with Gasteiger partial charge in [-0.2, -0.15) is 0 Å². The number of hydrogen-bond donors (Lipinski definition) is 1. The molecule has 4 nitrogen and oxygen atoms in total. The Labute approximate surface area is 123 Å². The van der Waals surface area contributed by atoms with E-state index in [9.17, 15) is 0 Å². The molecule has 114 valence electrons. The molecule has 20 heavy (non-hydrogen) atoms. The van der Waals surface area contributed by atoms with Crippen LogP contribution in [0.25, 0.3) is 0 Å². The molecule has 0 atom stereocenters. The molecule has 0 amide bonds. The van der Waals surface area contributed by atoms with Crippen LogP contribution in [0.1, 0.15) is 39.1 Å². The number of rotatable bonds is 8. The van der Waals surface area contributed by atoms with Gasteiger partial charge in [-0.05, 0) is 40.1 Å². The van der Waals surface area contributed by atoms with Crippen molar-refractivity contribution in [3.63, 3.8) is 0 Å². The lowest BCUT2D eigenvalue weighted by Gasteiger charge is -2.32.